The van der Waals surface area contributed by atoms with Gasteiger partial charge in [-0.25, -0.2) is 4.99 Å². The zero-order valence-corrected chi connectivity index (χ0v) is 20.8. The minimum atomic E-state index is -4.35. The van der Waals surface area contributed by atoms with Crippen molar-refractivity contribution in [2.45, 2.75) is 38.9 Å². The first-order valence-electron chi connectivity index (χ1n) is 11.1. The monoisotopic (exact) mass is 567 g/mol. The number of amides is 1. The SMILES string of the molecule is CCNC(=NCc1cccc(C(F)(F)F)c1)NCCN1CCN(C(=O)C2CCC2)CC1.I. The lowest BCUT2D eigenvalue weighted by Gasteiger charge is -2.38. The van der Waals surface area contributed by atoms with Gasteiger partial charge >= 0.3 is 6.18 Å². The number of alkyl halides is 3. The van der Waals surface area contributed by atoms with Crippen LogP contribution in [-0.2, 0) is 17.5 Å². The number of rotatable bonds is 7. The summed E-state index contributed by atoms with van der Waals surface area (Å²) in [6, 6.07) is 5.25. The van der Waals surface area contributed by atoms with Crippen molar-refractivity contribution in [2.24, 2.45) is 10.9 Å². The largest absolute Gasteiger partial charge is 0.416 e. The molecule has 1 aromatic rings. The Morgan fingerprint density at radius 2 is 1.88 bits per heavy atom. The fourth-order valence-electron chi connectivity index (χ4n) is 3.80. The molecule has 10 heteroatoms. The summed E-state index contributed by atoms with van der Waals surface area (Å²) in [4.78, 5) is 21.1. The molecule has 2 N–H and O–H groups in total. The molecule has 1 amide bonds. The molecule has 1 aromatic carbocycles. The van der Waals surface area contributed by atoms with Gasteiger partial charge in [-0.15, -0.1) is 24.0 Å². The quantitative estimate of drug-likeness (QED) is 0.302. The van der Waals surface area contributed by atoms with Gasteiger partial charge in [0.2, 0.25) is 5.91 Å². The first kappa shape index (κ1) is 26.7. The van der Waals surface area contributed by atoms with Crippen molar-refractivity contribution in [3.63, 3.8) is 0 Å². The molecule has 0 aromatic heterocycles. The van der Waals surface area contributed by atoms with E-state index < -0.39 is 11.7 Å². The number of aliphatic imine (C=N–C) groups is 1. The highest BCUT2D eigenvalue weighted by molar-refractivity contribution is 14.0. The number of halogens is 4. The summed E-state index contributed by atoms with van der Waals surface area (Å²) >= 11 is 0. The Kier molecular flexibility index (Phi) is 10.5. The number of hydrogen-bond acceptors (Lipinski definition) is 3. The molecule has 3 rings (SSSR count). The molecule has 180 valence electrons. The molecule has 1 aliphatic heterocycles. The summed E-state index contributed by atoms with van der Waals surface area (Å²) in [6.45, 7) is 7.54. The highest BCUT2D eigenvalue weighted by atomic mass is 127. The van der Waals surface area contributed by atoms with Crippen LogP contribution >= 0.6 is 24.0 Å². The average molecular weight is 567 g/mol. The zero-order valence-electron chi connectivity index (χ0n) is 18.5. The first-order chi connectivity index (χ1) is 14.9. The highest BCUT2D eigenvalue weighted by Gasteiger charge is 2.31. The minimum Gasteiger partial charge on any atom is -0.357 e. The molecular weight excluding hydrogens is 534 g/mol. The molecule has 2 fully saturated rings. The van der Waals surface area contributed by atoms with E-state index in [-0.39, 0.29) is 36.4 Å². The van der Waals surface area contributed by atoms with Gasteiger partial charge in [0.15, 0.2) is 5.96 Å². The van der Waals surface area contributed by atoms with Crippen molar-refractivity contribution >= 4 is 35.8 Å². The molecule has 6 nitrogen and oxygen atoms in total. The third kappa shape index (κ3) is 7.79. The van der Waals surface area contributed by atoms with Gasteiger partial charge in [0.25, 0.3) is 0 Å². The number of nitrogens with zero attached hydrogens (tertiary/aromatic N) is 3. The van der Waals surface area contributed by atoms with Crippen LogP contribution in [0.5, 0.6) is 0 Å². The predicted molar refractivity (Wildman–Crippen MR) is 130 cm³/mol. The predicted octanol–water partition coefficient (Wildman–Crippen LogP) is 3.32. The number of guanidine groups is 1. The highest BCUT2D eigenvalue weighted by Crippen LogP contribution is 2.30. The van der Waals surface area contributed by atoms with Crippen LogP contribution < -0.4 is 10.6 Å². The van der Waals surface area contributed by atoms with Crippen molar-refractivity contribution in [2.75, 3.05) is 45.8 Å². The van der Waals surface area contributed by atoms with Crippen LogP contribution in [0.15, 0.2) is 29.3 Å². The minimum absolute atomic E-state index is 0. The normalized spacial score (nSPS) is 18.0. The van der Waals surface area contributed by atoms with E-state index in [4.69, 9.17) is 0 Å². The Balaban J connectivity index is 0.00000363. The van der Waals surface area contributed by atoms with Crippen molar-refractivity contribution < 1.29 is 18.0 Å². The molecular formula is C22H33F3IN5O. The van der Waals surface area contributed by atoms with E-state index in [2.05, 4.69) is 20.5 Å². The summed E-state index contributed by atoms with van der Waals surface area (Å²) in [5.74, 6) is 1.16. The summed E-state index contributed by atoms with van der Waals surface area (Å²) in [7, 11) is 0. The van der Waals surface area contributed by atoms with Crippen LogP contribution in [0.3, 0.4) is 0 Å². The third-order valence-electron chi connectivity index (χ3n) is 5.88. The number of piperazine rings is 1. The van der Waals surface area contributed by atoms with Crippen molar-refractivity contribution in [3.8, 4) is 0 Å². The molecule has 0 spiro atoms. The number of nitrogens with one attached hydrogen (secondary N) is 2. The number of benzene rings is 1. The molecule has 32 heavy (non-hydrogen) atoms. The molecule has 1 saturated carbocycles. The topological polar surface area (TPSA) is 60.0 Å². The molecule has 0 bridgehead atoms. The second-order valence-electron chi connectivity index (χ2n) is 8.11. The molecule has 0 unspecified atom stereocenters. The van der Waals surface area contributed by atoms with Gasteiger partial charge in [-0.3, -0.25) is 9.69 Å². The van der Waals surface area contributed by atoms with Gasteiger partial charge in [0.05, 0.1) is 12.1 Å². The Morgan fingerprint density at radius 1 is 1.16 bits per heavy atom. The molecule has 0 radical (unpaired) electrons. The fraction of sp³-hybridized carbons (Fsp3) is 0.636. The van der Waals surface area contributed by atoms with Gasteiger partial charge in [0, 0.05) is 51.7 Å². The number of carbonyl (C=O) groups excluding carboxylic acids is 1. The van der Waals surface area contributed by atoms with Gasteiger partial charge in [0.1, 0.15) is 0 Å². The maximum absolute atomic E-state index is 12.9. The summed E-state index contributed by atoms with van der Waals surface area (Å²) in [5, 5.41) is 6.38. The van der Waals surface area contributed by atoms with Crippen LogP contribution in [0.4, 0.5) is 13.2 Å². The lowest BCUT2D eigenvalue weighted by Crippen LogP contribution is -2.52. The van der Waals surface area contributed by atoms with Gasteiger partial charge in [-0.05, 0) is 37.5 Å². The maximum atomic E-state index is 12.9. The number of hydrogen-bond donors (Lipinski definition) is 2. The Bertz CT molecular complexity index is 762. The van der Waals surface area contributed by atoms with E-state index >= 15 is 0 Å². The van der Waals surface area contributed by atoms with E-state index in [0.29, 0.717) is 30.5 Å². The lowest BCUT2D eigenvalue weighted by molar-refractivity contribution is -0.140. The van der Waals surface area contributed by atoms with Crippen LogP contribution in [0.1, 0.15) is 37.3 Å². The van der Waals surface area contributed by atoms with E-state index in [1.54, 1.807) is 6.07 Å². The summed E-state index contributed by atoms with van der Waals surface area (Å²) < 4.78 is 38.6. The molecule has 2 aliphatic rings. The first-order valence-corrected chi connectivity index (χ1v) is 11.1. The second kappa shape index (κ2) is 12.6. The summed E-state index contributed by atoms with van der Waals surface area (Å²) in [5.41, 5.74) is -0.146. The lowest BCUT2D eigenvalue weighted by atomic mass is 9.84. The average Bonchev–Trinajstić information content (AvgIpc) is 2.71. The van der Waals surface area contributed by atoms with E-state index in [1.165, 1.54) is 12.5 Å². The number of carbonyl (C=O) groups is 1. The Hall–Kier alpha value is -1.56. The van der Waals surface area contributed by atoms with Gasteiger partial charge in [-0.1, -0.05) is 18.6 Å². The van der Waals surface area contributed by atoms with Gasteiger partial charge in [-0.2, -0.15) is 13.2 Å². The molecule has 1 saturated heterocycles. The van der Waals surface area contributed by atoms with Crippen LogP contribution in [0.2, 0.25) is 0 Å². The second-order valence-corrected chi connectivity index (χ2v) is 8.11. The summed E-state index contributed by atoms with van der Waals surface area (Å²) in [6.07, 6.45) is -1.10. The van der Waals surface area contributed by atoms with Crippen LogP contribution in [-0.4, -0.2) is 67.5 Å². The molecule has 1 heterocycles. The Morgan fingerprint density at radius 3 is 2.47 bits per heavy atom. The third-order valence-corrected chi connectivity index (χ3v) is 5.88. The van der Waals surface area contributed by atoms with Crippen LogP contribution in [0, 0.1) is 5.92 Å². The van der Waals surface area contributed by atoms with Gasteiger partial charge < -0.3 is 15.5 Å². The van der Waals surface area contributed by atoms with Crippen LogP contribution in [0.25, 0.3) is 0 Å². The van der Waals surface area contributed by atoms with E-state index in [9.17, 15) is 18.0 Å². The maximum Gasteiger partial charge on any atom is 0.416 e. The standard InChI is InChI=1S/C22H32F3N5O.HI/c1-2-26-21(28-16-17-5-3-8-19(15-17)22(23,24)25)27-9-10-29-11-13-30(14-12-29)20(31)18-6-4-7-18;/h3,5,8,15,18H,2,4,6-7,9-14,16H2,1H3,(H2,26,27,28);1H. The zero-order chi connectivity index (χ0) is 22.3. The van der Waals surface area contributed by atoms with E-state index in [1.807, 2.05) is 11.8 Å². The molecule has 0 atom stereocenters. The smallest absolute Gasteiger partial charge is 0.357 e. The van der Waals surface area contributed by atoms with Crippen molar-refractivity contribution in [3.05, 3.63) is 35.4 Å². The van der Waals surface area contributed by atoms with Crippen molar-refractivity contribution in [1.82, 2.24) is 20.4 Å². The Labute approximate surface area is 205 Å². The van der Waals surface area contributed by atoms with E-state index in [0.717, 1.165) is 57.7 Å². The fourth-order valence-corrected chi connectivity index (χ4v) is 3.80. The molecule has 1 aliphatic carbocycles. The van der Waals surface area contributed by atoms with Crippen molar-refractivity contribution in [1.29, 1.82) is 0 Å².